The molecule has 1 N–H and O–H groups in total. The van der Waals surface area contributed by atoms with E-state index in [1.807, 2.05) is 6.92 Å². The van der Waals surface area contributed by atoms with Crippen molar-refractivity contribution in [3.05, 3.63) is 47.2 Å². The van der Waals surface area contributed by atoms with Gasteiger partial charge in [-0.05, 0) is 50.3 Å². The lowest BCUT2D eigenvalue weighted by molar-refractivity contribution is 0.0945. The molecular formula is C20H25N3O2. The van der Waals surface area contributed by atoms with Gasteiger partial charge in [0, 0.05) is 31.2 Å². The average Bonchev–Trinajstić information content (AvgIpc) is 3.22. The maximum atomic E-state index is 12.4. The zero-order chi connectivity index (χ0) is 17.2. The number of amides is 1. The maximum absolute atomic E-state index is 12.4. The molecule has 1 aliphatic carbocycles. The van der Waals surface area contributed by atoms with Gasteiger partial charge in [-0.2, -0.15) is 0 Å². The van der Waals surface area contributed by atoms with Crippen molar-refractivity contribution in [1.29, 1.82) is 0 Å². The van der Waals surface area contributed by atoms with Crippen LogP contribution in [0.1, 0.15) is 65.7 Å². The molecule has 4 rings (SSSR count). The molecule has 132 valence electrons. The summed E-state index contributed by atoms with van der Waals surface area (Å²) in [6, 6.07) is 8.46. The van der Waals surface area contributed by atoms with Crippen LogP contribution >= 0.6 is 0 Å². The highest BCUT2D eigenvalue weighted by Crippen LogP contribution is 2.36. The Morgan fingerprint density at radius 2 is 1.92 bits per heavy atom. The molecule has 0 spiro atoms. The molecule has 1 aliphatic heterocycles. The minimum Gasteiger partial charge on any atom is -0.445 e. The van der Waals surface area contributed by atoms with Gasteiger partial charge in [-0.1, -0.05) is 18.6 Å². The second-order valence-corrected chi connectivity index (χ2v) is 7.13. The molecule has 1 saturated carbocycles. The highest BCUT2D eigenvalue weighted by atomic mass is 16.4. The molecule has 0 bridgehead atoms. The normalized spacial score (nSPS) is 17.6. The number of aromatic nitrogens is 1. The third-order valence-corrected chi connectivity index (χ3v) is 5.34. The van der Waals surface area contributed by atoms with Crippen molar-refractivity contribution < 1.29 is 9.21 Å². The van der Waals surface area contributed by atoms with Crippen molar-refractivity contribution in [3.8, 4) is 0 Å². The molecule has 2 aromatic rings. The number of carbonyl (C=O) groups excluding carboxylic acids is 1. The van der Waals surface area contributed by atoms with Gasteiger partial charge in [0.1, 0.15) is 5.76 Å². The molecule has 1 aromatic carbocycles. The van der Waals surface area contributed by atoms with Crippen molar-refractivity contribution in [2.24, 2.45) is 0 Å². The second-order valence-electron chi connectivity index (χ2n) is 7.13. The first-order chi connectivity index (χ1) is 12.2. The van der Waals surface area contributed by atoms with Gasteiger partial charge in [-0.25, -0.2) is 4.98 Å². The molecule has 0 atom stereocenters. The van der Waals surface area contributed by atoms with Gasteiger partial charge in [0.15, 0.2) is 11.6 Å². The van der Waals surface area contributed by atoms with Gasteiger partial charge in [-0.3, -0.25) is 4.79 Å². The van der Waals surface area contributed by atoms with E-state index in [0.29, 0.717) is 23.9 Å². The van der Waals surface area contributed by atoms with Crippen LogP contribution in [0, 0.1) is 6.92 Å². The lowest BCUT2D eigenvalue weighted by atomic mass is 9.85. The van der Waals surface area contributed by atoms with Gasteiger partial charge in [0.25, 0.3) is 5.91 Å². The molecule has 1 aromatic heterocycles. The lowest BCUT2D eigenvalue weighted by Gasteiger charge is -2.21. The first-order valence-electron chi connectivity index (χ1n) is 9.30. The molecule has 2 aliphatic rings. The van der Waals surface area contributed by atoms with Gasteiger partial charge < -0.3 is 14.6 Å². The van der Waals surface area contributed by atoms with Crippen molar-refractivity contribution in [3.63, 3.8) is 0 Å². The number of hydrogen-bond acceptors (Lipinski definition) is 4. The predicted octanol–water partition coefficient (Wildman–Crippen LogP) is 3.78. The molecule has 0 unspecified atom stereocenters. The molecule has 2 fully saturated rings. The van der Waals surface area contributed by atoms with E-state index < -0.39 is 0 Å². The largest absolute Gasteiger partial charge is 0.445 e. The summed E-state index contributed by atoms with van der Waals surface area (Å²) in [5, 5.41) is 2.96. The number of oxazole rings is 1. The van der Waals surface area contributed by atoms with Crippen LogP contribution in [0.25, 0.3) is 0 Å². The van der Waals surface area contributed by atoms with E-state index in [9.17, 15) is 4.79 Å². The number of nitrogens with one attached hydrogen (secondary N) is 1. The Kier molecular flexibility index (Phi) is 4.47. The molecule has 5 heteroatoms. The van der Waals surface area contributed by atoms with E-state index in [0.717, 1.165) is 37.4 Å². The van der Waals surface area contributed by atoms with Crippen molar-refractivity contribution >= 4 is 11.6 Å². The van der Waals surface area contributed by atoms with Crippen molar-refractivity contribution in [2.75, 3.05) is 18.0 Å². The monoisotopic (exact) mass is 339 g/mol. The molecule has 5 nitrogen and oxygen atoms in total. The Hall–Kier alpha value is -2.30. The summed E-state index contributed by atoms with van der Waals surface area (Å²) < 4.78 is 5.69. The summed E-state index contributed by atoms with van der Waals surface area (Å²) >= 11 is 0. The number of rotatable bonds is 5. The highest BCUT2D eigenvalue weighted by Gasteiger charge is 2.27. The molecule has 2 heterocycles. The van der Waals surface area contributed by atoms with Crippen LogP contribution in [0.4, 0.5) is 5.69 Å². The lowest BCUT2D eigenvalue weighted by Crippen LogP contribution is -2.24. The molecule has 25 heavy (non-hydrogen) atoms. The fourth-order valence-corrected chi connectivity index (χ4v) is 3.52. The topological polar surface area (TPSA) is 58.4 Å². The molecule has 1 amide bonds. The summed E-state index contributed by atoms with van der Waals surface area (Å²) in [4.78, 5) is 19.2. The van der Waals surface area contributed by atoms with Gasteiger partial charge in [0.05, 0.1) is 0 Å². The van der Waals surface area contributed by atoms with Crippen LogP contribution in [-0.4, -0.2) is 24.0 Å². The zero-order valence-electron chi connectivity index (χ0n) is 14.8. The first kappa shape index (κ1) is 16.2. The third-order valence-electron chi connectivity index (χ3n) is 5.34. The number of hydrogen-bond donors (Lipinski definition) is 1. The Morgan fingerprint density at radius 3 is 2.56 bits per heavy atom. The molecular weight excluding hydrogens is 314 g/mol. The van der Waals surface area contributed by atoms with Crippen LogP contribution in [0.2, 0.25) is 0 Å². The first-order valence-corrected chi connectivity index (χ1v) is 9.30. The van der Waals surface area contributed by atoms with E-state index in [1.54, 1.807) is 0 Å². The fraction of sp³-hybridized carbons (Fsp3) is 0.500. The minimum absolute atomic E-state index is 0.157. The van der Waals surface area contributed by atoms with Gasteiger partial charge >= 0.3 is 0 Å². The number of benzene rings is 1. The van der Waals surface area contributed by atoms with Crippen molar-refractivity contribution in [1.82, 2.24) is 10.3 Å². The fourth-order valence-electron chi connectivity index (χ4n) is 3.52. The van der Waals surface area contributed by atoms with Gasteiger partial charge in [0.2, 0.25) is 0 Å². The molecule has 1 saturated heterocycles. The minimum atomic E-state index is -0.157. The van der Waals surface area contributed by atoms with Crippen LogP contribution in [0.15, 0.2) is 28.7 Å². The maximum Gasteiger partial charge on any atom is 0.273 e. The number of carbonyl (C=O) groups is 1. The third kappa shape index (κ3) is 3.41. The summed E-state index contributed by atoms with van der Waals surface area (Å²) in [7, 11) is 0. The number of anilines is 1. The Balaban J connectivity index is 1.36. The van der Waals surface area contributed by atoms with Crippen LogP contribution in [0.5, 0.6) is 0 Å². The zero-order valence-corrected chi connectivity index (χ0v) is 14.8. The Bertz CT molecular complexity index is 741. The van der Waals surface area contributed by atoms with E-state index in [4.69, 9.17) is 4.42 Å². The van der Waals surface area contributed by atoms with Crippen LogP contribution in [-0.2, 0) is 6.54 Å². The second kappa shape index (κ2) is 6.90. The van der Waals surface area contributed by atoms with Crippen molar-refractivity contribution in [2.45, 2.75) is 51.5 Å². The smallest absolute Gasteiger partial charge is 0.273 e. The Morgan fingerprint density at radius 1 is 1.20 bits per heavy atom. The van der Waals surface area contributed by atoms with Gasteiger partial charge in [-0.15, -0.1) is 0 Å². The van der Waals surface area contributed by atoms with Crippen LogP contribution in [0.3, 0.4) is 0 Å². The van der Waals surface area contributed by atoms with E-state index in [2.05, 4.69) is 39.5 Å². The quantitative estimate of drug-likeness (QED) is 0.900. The Labute approximate surface area is 148 Å². The van der Waals surface area contributed by atoms with E-state index >= 15 is 0 Å². The summed E-state index contributed by atoms with van der Waals surface area (Å²) in [6.45, 7) is 4.61. The predicted molar refractivity (Wildman–Crippen MR) is 96.9 cm³/mol. The highest BCUT2D eigenvalue weighted by molar-refractivity contribution is 5.93. The standard InChI is InChI=1S/C20H25N3O2/c1-14-18(22-20(25-14)16-5-4-6-16)19(24)21-13-15-7-9-17(10-8-15)23-11-2-3-12-23/h7-10,16H,2-6,11-13H2,1H3,(H,21,24). The number of aryl methyl sites for hydroxylation is 1. The van der Waals surface area contributed by atoms with Crippen LogP contribution < -0.4 is 10.2 Å². The summed E-state index contributed by atoms with van der Waals surface area (Å²) in [5.41, 5.74) is 2.79. The summed E-state index contributed by atoms with van der Waals surface area (Å²) in [5.74, 6) is 1.58. The van der Waals surface area contributed by atoms with E-state index in [-0.39, 0.29) is 5.91 Å². The SMILES string of the molecule is Cc1oc(C2CCC2)nc1C(=O)NCc1ccc(N2CCCC2)cc1. The number of nitrogens with zero attached hydrogens (tertiary/aromatic N) is 2. The van der Waals surface area contributed by atoms with E-state index in [1.165, 1.54) is 24.9 Å². The summed E-state index contributed by atoms with van der Waals surface area (Å²) in [6.07, 6.45) is 6.01. The molecule has 0 radical (unpaired) electrons. The average molecular weight is 339 g/mol.